The Balaban J connectivity index is 2.34. The maximum Gasteiger partial charge on any atom is 0.239 e. The summed E-state index contributed by atoms with van der Waals surface area (Å²) in [7, 11) is 0. The van der Waals surface area contributed by atoms with Gasteiger partial charge in [-0.05, 0) is 19.8 Å². The number of hydrogen-bond donors (Lipinski definition) is 3. The van der Waals surface area contributed by atoms with Gasteiger partial charge >= 0.3 is 0 Å². The molecule has 0 unspecified atom stereocenters. The maximum absolute atomic E-state index is 11.6. The number of carbonyl (C=O) groups excluding carboxylic acids is 2. The molecular weight excluding hydrogens is 276 g/mol. The van der Waals surface area contributed by atoms with Crippen molar-refractivity contribution < 1.29 is 9.59 Å². The van der Waals surface area contributed by atoms with Crippen LogP contribution < -0.4 is 16.4 Å². The minimum atomic E-state index is -0.589. The Bertz CT molecular complexity index is 485. The average molecular weight is 298 g/mol. The molecule has 1 aromatic rings. The number of nitrogens with two attached hydrogens (primary N) is 1. The van der Waals surface area contributed by atoms with Crippen LogP contribution in [-0.4, -0.2) is 29.4 Å². The van der Waals surface area contributed by atoms with Gasteiger partial charge in [-0.2, -0.15) is 0 Å². The van der Waals surface area contributed by atoms with Gasteiger partial charge in [0.05, 0.1) is 29.8 Å². The van der Waals surface area contributed by atoms with Crippen molar-refractivity contribution in [3.05, 3.63) is 15.6 Å². The van der Waals surface area contributed by atoms with Gasteiger partial charge in [0.25, 0.3) is 0 Å². The van der Waals surface area contributed by atoms with Crippen molar-refractivity contribution in [3.8, 4) is 0 Å². The van der Waals surface area contributed by atoms with E-state index in [2.05, 4.69) is 15.6 Å². The van der Waals surface area contributed by atoms with Crippen LogP contribution in [0.5, 0.6) is 0 Å². The molecule has 4 N–H and O–H groups in total. The number of thiazole rings is 1. The minimum Gasteiger partial charge on any atom is -0.350 e. The largest absolute Gasteiger partial charge is 0.350 e. The van der Waals surface area contributed by atoms with E-state index in [1.807, 2.05) is 27.7 Å². The van der Waals surface area contributed by atoms with Gasteiger partial charge in [0, 0.05) is 4.88 Å². The predicted octanol–water partition coefficient (Wildman–Crippen LogP) is 0.476. The summed E-state index contributed by atoms with van der Waals surface area (Å²) in [4.78, 5) is 28.6. The number of nitrogens with zero attached hydrogens (tertiary/aromatic N) is 1. The molecular formula is C13H22N4O2S. The monoisotopic (exact) mass is 298 g/mol. The lowest BCUT2D eigenvalue weighted by Crippen LogP contribution is -2.47. The van der Waals surface area contributed by atoms with Gasteiger partial charge < -0.3 is 16.4 Å². The van der Waals surface area contributed by atoms with Crippen molar-refractivity contribution in [1.82, 2.24) is 15.6 Å². The first-order chi connectivity index (χ1) is 9.31. The molecule has 1 atom stereocenters. The molecule has 0 aromatic carbocycles. The van der Waals surface area contributed by atoms with Crippen LogP contribution in [0.1, 0.15) is 29.4 Å². The maximum atomic E-state index is 11.6. The van der Waals surface area contributed by atoms with Crippen LogP contribution in [0, 0.1) is 19.8 Å². The van der Waals surface area contributed by atoms with E-state index >= 15 is 0 Å². The van der Waals surface area contributed by atoms with E-state index in [4.69, 9.17) is 5.73 Å². The molecule has 7 heteroatoms. The van der Waals surface area contributed by atoms with Crippen LogP contribution in [0.15, 0.2) is 0 Å². The summed E-state index contributed by atoms with van der Waals surface area (Å²) >= 11 is 1.56. The molecule has 0 spiro atoms. The van der Waals surface area contributed by atoms with Gasteiger partial charge in [0.1, 0.15) is 0 Å². The molecule has 20 heavy (non-hydrogen) atoms. The van der Waals surface area contributed by atoms with E-state index in [9.17, 15) is 9.59 Å². The second-order valence-corrected chi connectivity index (χ2v) is 6.29. The molecule has 0 aliphatic carbocycles. The Labute approximate surface area is 123 Å². The molecule has 1 rings (SSSR count). The van der Waals surface area contributed by atoms with Crippen molar-refractivity contribution in [2.75, 3.05) is 6.54 Å². The highest BCUT2D eigenvalue weighted by Crippen LogP contribution is 2.16. The van der Waals surface area contributed by atoms with E-state index in [0.29, 0.717) is 6.54 Å². The second-order valence-electron chi connectivity index (χ2n) is 5.01. The van der Waals surface area contributed by atoms with Crippen molar-refractivity contribution in [1.29, 1.82) is 0 Å². The van der Waals surface area contributed by atoms with E-state index in [0.717, 1.165) is 15.6 Å². The molecule has 1 heterocycles. The first-order valence-electron chi connectivity index (χ1n) is 6.54. The van der Waals surface area contributed by atoms with Gasteiger partial charge in [0.15, 0.2) is 0 Å². The lowest BCUT2D eigenvalue weighted by atomic mass is 10.1. The van der Waals surface area contributed by atoms with Crippen LogP contribution in [0.25, 0.3) is 0 Å². The SMILES string of the molecule is Cc1nc(C)c(CNC(=O)CNC(=O)[C@@H](N)C(C)C)s1. The predicted molar refractivity (Wildman–Crippen MR) is 79.3 cm³/mol. The summed E-state index contributed by atoms with van der Waals surface area (Å²) in [6.45, 7) is 7.93. The molecule has 0 fully saturated rings. The van der Waals surface area contributed by atoms with Crippen molar-refractivity contribution in [2.24, 2.45) is 11.7 Å². The molecule has 1 aromatic heterocycles. The minimum absolute atomic E-state index is 0.0425. The standard InChI is InChI=1S/C13H22N4O2S/c1-7(2)12(14)13(19)16-6-11(18)15-5-10-8(3)17-9(4)20-10/h7,12H,5-6,14H2,1-4H3,(H,15,18)(H,16,19)/t12-/m0/s1. The number of hydrogen-bond acceptors (Lipinski definition) is 5. The Hall–Kier alpha value is -1.47. The Morgan fingerprint density at radius 2 is 1.95 bits per heavy atom. The number of amides is 2. The van der Waals surface area contributed by atoms with Crippen LogP contribution in [0.3, 0.4) is 0 Å². The van der Waals surface area contributed by atoms with Gasteiger partial charge in [0.2, 0.25) is 11.8 Å². The zero-order valence-corrected chi connectivity index (χ0v) is 13.1. The van der Waals surface area contributed by atoms with Gasteiger partial charge in [-0.15, -0.1) is 11.3 Å². The van der Waals surface area contributed by atoms with Gasteiger partial charge in [-0.1, -0.05) is 13.8 Å². The fourth-order valence-electron chi connectivity index (χ4n) is 1.57. The van der Waals surface area contributed by atoms with Gasteiger partial charge in [-0.3, -0.25) is 9.59 Å². The number of rotatable bonds is 6. The quantitative estimate of drug-likeness (QED) is 0.711. The van der Waals surface area contributed by atoms with E-state index in [-0.39, 0.29) is 24.3 Å². The molecule has 0 aliphatic heterocycles. The third-order valence-corrected chi connectivity index (χ3v) is 3.96. The van der Waals surface area contributed by atoms with E-state index < -0.39 is 6.04 Å². The molecule has 2 amide bonds. The average Bonchev–Trinajstić information content (AvgIpc) is 2.70. The zero-order chi connectivity index (χ0) is 15.3. The Kier molecular flexibility index (Phi) is 6.09. The van der Waals surface area contributed by atoms with E-state index in [1.165, 1.54) is 0 Å². The van der Waals surface area contributed by atoms with Crippen LogP contribution in [0.4, 0.5) is 0 Å². The van der Waals surface area contributed by atoms with Crippen molar-refractivity contribution in [2.45, 2.75) is 40.3 Å². The lowest BCUT2D eigenvalue weighted by Gasteiger charge is -2.15. The van der Waals surface area contributed by atoms with Crippen molar-refractivity contribution in [3.63, 3.8) is 0 Å². The summed E-state index contributed by atoms with van der Waals surface area (Å²) < 4.78 is 0. The third kappa shape index (κ3) is 4.90. The number of carbonyl (C=O) groups is 2. The highest BCUT2D eigenvalue weighted by Gasteiger charge is 2.17. The molecule has 0 saturated heterocycles. The molecule has 6 nitrogen and oxygen atoms in total. The van der Waals surface area contributed by atoms with Crippen LogP contribution in [-0.2, 0) is 16.1 Å². The van der Waals surface area contributed by atoms with Crippen LogP contribution >= 0.6 is 11.3 Å². The highest BCUT2D eigenvalue weighted by atomic mass is 32.1. The van der Waals surface area contributed by atoms with Gasteiger partial charge in [-0.25, -0.2) is 4.98 Å². The fourth-order valence-corrected chi connectivity index (χ4v) is 2.44. The number of aryl methyl sites for hydroxylation is 2. The van der Waals surface area contributed by atoms with Crippen LogP contribution in [0.2, 0.25) is 0 Å². The summed E-state index contributed by atoms with van der Waals surface area (Å²) in [5.41, 5.74) is 6.61. The molecule has 0 aliphatic rings. The highest BCUT2D eigenvalue weighted by molar-refractivity contribution is 7.11. The molecule has 112 valence electrons. The normalized spacial score (nSPS) is 12.3. The first-order valence-corrected chi connectivity index (χ1v) is 7.35. The Morgan fingerprint density at radius 1 is 1.30 bits per heavy atom. The van der Waals surface area contributed by atoms with E-state index in [1.54, 1.807) is 11.3 Å². The zero-order valence-electron chi connectivity index (χ0n) is 12.3. The number of nitrogens with one attached hydrogen (secondary N) is 2. The first kappa shape index (κ1) is 16.6. The summed E-state index contributed by atoms with van der Waals surface area (Å²) in [6.07, 6.45) is 0. The third-order valence-electron chi connectivity index (χ3n) is 2.89. The summed E-state index contributed by atoms with van der Waals surface area (Å²) in [5.74, 6) is -0.499. The molecule has 0 saturated carbocycles. The lowest BCUT2D eigenvalue weighted by molar-refractivity contribution is -0.127. The summed E-state index contributed by atoms with van der Waals surface area (Å²) in [6, 6.07) is -0.589. The van der Waals surface area contributed by atoms with Crippen molar-refractivity contribution >= 4 is 23.2 Å². The fraction of sp³-hybridized carbons (Fsp3) is 0.615. The topological polar surface area (TPSA) is 97.1 Å². The number of aromatic nitrogens is 1. The second kappa shape index (κ2) is 7.35. The summed E-state index contributed by atoms with van der Waals surface area (Å²) in [5, 5.41) is 6.26. The molecule has 0 radical (unpaired) electrons. The smallest absolute Gasteiger partial charge is 0.239 e. The Morgan fingerprint density at radius 3 is 2.45 bits per heavy atom. The molecule has 0 bridgehead atoms.